The van der Waals surface area contributed by atoms with Crippen molar-refractivity contribution < 1.29 is 9.53 Å². The van der Waals surface area contributed by atoms with Crippen LogP contribution in [0.15, 0.2) is 18.6 Å². The average molecular weight is 304 g/mol. The molecule has 6 heteroatoms. The molecule has 1 unspecified atom stereocenters. The van der Waals surface area contributed by atoms with Crippen molar-refractivity contribution in [1.29, 1.82) is 0 Å². The summed E-state index contributed by atoms with van der Waals surface area (Å²) in [4.78, 5) is 24.9. The number of hydrogen-bond donors (Lipinski definition) is 0. The van der Waals surface area contributed by atoms with E-state index in [1.54, 1.807) is 18.6 Å². The summed E-state index contributed by atoms with van der Waals surface area (Å²) in [5, 5.41) is 0. The molecule has 1 amide bonds. The van der Waals surface area contributed by atoms with Crippen molar-refractivity contribution >= 4 is 5.91 Å². The minimum absolute atomic E-state index is 0.00375. The van der Waals surface area contributed by atoms with E-state index in [9.17, 15) is 4.79 Å². The molecule has 0 saturated carbocycles. The molecular weight excluding hydrogens is 280 g/mol. The Labute approximate surface area is 131 Å². The number of rotatable bonds is 3. The van der Waals surface area contributed by atoms with Crippen LogP contribution in [0.2, 0.25) is 0 Å². The first-order valence-electron chi connectivity index (χ1n) is 8.18. The summed E-state index contributed by atoms with van der Waals surface area (Å²) in [6.45, 7) is 6.45. The maximum Gasteiger partial charge on any atom is 0.274 e. The van der Waals surface area contributed by atoms with Gasteiger partial charge in [0.1, 0.15) is 5.69 Å². The van der Waals surface area contributed by atoms with Crippen molar-refractivity contribution in [3.63, 3.8) is 0 Å². The normalized spacial score (nSPS) is 24.0. The van der Waals surface area contributed by atoms with E-state index in [4.69, 9.17) is 4.74 Å². The van der Waals surface area contributed by atoms with Gasteiger partial charge < -0.3 is 14.5 Å². The smallest absolute Gasteiger partial charge is 0.274 e. The highest BCUT2D eigenvalue weighted by atomic mass is 16.5. The molecule has 3 rings (SSSR count). The summed E-state index contributed by atoms with van der Waals surface area (Å²) in [5.74, 6) is 0.645. The summed E-state index contributed by atoms with van der Waals surface area (Å²) < 4.78 is 5.57. The molecule has 2 aliphatic heterocycles. The van der Waals surface area contributed by atoms with Gasteiger partial charge in [-0.25, -0.2) is 4.98 Å². The van der Waals surface area contributed by atoms with Crippen LogP contribution in [0.5, 0.6) is 0 Å². The van der Waals surface area contributed by atoms with E-state index in [1.807, 2.05) is 4.90 Å². The highest BCUT2D eigenvalue weighted by Gasteiger charge is 2.23. The van der Waals surface area contributed by atoms with Gasteiger partial charge in [0.15, 0.2) is 0 Å². The first-order chi connectivity index (χ1) is 10.8. The highest BCUT2D eigenvalue weighted by molar-refractivity contribution is 5.91. The van der Waals surface area contributed by atoms with Gasteiger partial charge in [-0.05, 0) is 31.7 Å². The number of carbonyl (C=O) groups excluding carboxylic acids is 1. The van der Waals surface area contributed by atoms with Gasteiger partial charge in [-0.1, -0.05) is 0 Å². The first-order valence-corrected chi connectivity index (χ1v) is 8.18. The zero-order valence-corrected chi connectivity index (χ0v) is 13.0. The second kappa shape index (κ2) is 7.65. The maximum absolute atomic E-state index is 12.4. The Balaban J connectivity index is 1.52. The Bertz CT molecular complexity index is 476. The third-order valence-electron chi connectivity index (χ3n) is 4.43. The van der Waals surface area contributed by atoms with Gasteiger partial charge in [0.05, 0.1) is 12.8 Å². The fourth-order valence-electron chi connectivity index (χ4n) is 3.24. The predicted molar refractivity (Wildman–Crippen MR) is 82.5 cm³/mol. The van der Waals surface area contributed by atoms with E-state index in [-0.39, 0.29) is 5.91 Å². The largest absolute Gasteiger partial charge is 0.381 e. The third-order valence-corrected chi connectivity index (χ3v) is 4.43. The molecule has 0 spiro atoms. The van der Waals surface area contributed by atoms with Gasteiger partial charge >= 0.3 is 0 Å². The standard InChI is InChI=1S/C16H24N4O2/c21-16(15-11-17-4-5-18-15)20-7-2-6-19(8-9-20)12-14-3-1-10-22-13-14/h4-5,11,14H,1-3,6-10,12-13H2. The number of aromatic nitrogens is 2. The van der Waals surface area contributed by atoms with E-state index in [1.165, 1.54) is 12.8 Å². The second-order valence-corrected chi connectivity index (χ2v) is 6.12. The van der Waals surface area contributed by atoms with Crippen LogP contribution in [-0.2, 0) is 4.74 Å². The Morgan fingerprint density at radius 1 is 1.23 bits per heavy atom. The van der Waals surface area contributed by atoms with E-state index >= 15 is 0 Å². The van der Waals surface area contributed by atoms with Gasteiger partial charge in [-0.2, -0.15) is 0 Å². The van der Waals surface area contributed by atoms with E-state index in [0.717, 1.165) is 52.4 Å². The molecule has 1 aromatic rings. The molecule has 1 aromatic heterocycles. The SMILES string of the molecule is O=C(c1cnccn1)N1CCCN(CC2CCCOC2)CC1. The Morgan fingerprint density at radius 2 is 2.18 bits per heavy atom. The minimum Gasteiger partial charge on any atom is -0.381 e. The molecule has 0 aliphatic carbocycles. The molecule has 2 fully saturated rings. The lowest BCUT2D eigenvalue weighted by molar-refractivity contribution is 0.0389. The van der Waals surface area contributed by atoms with E-state index < -0.39 is 0 Å². The summed E-state index contributed by atoms with van der Waals surface area (Å²) >= 11 is 0. The molecule has 2 aliphatic rings. The number of ether oxygens (including phenoxy) is 1. The summed E-state index contributed by atoms with van der Waals surface area (Å²) in [6.07, 6.45) is 8.16. The molecule has 0 radical (unpaired) electrons. The Hall–Kier alpha value is -1.53. The van der Waals surface area contributed by atoms with Crippen LogP contribution in [0.4, 0.5) is 0 Å². The van der Waals surface area contributed by atoms with Gasteiger partial charge in [0.2, 0.25) is 0 Å². The average Bonchev–Trinajstić information content (AvgIpc) is 2.82. The zero-order valence-electron chi connectivity index (χ0n) is 13.0. The van der Waals surface area contributed by atoms with Crippen molar-refractivity contribution in [2.75, 3.05) is 45.9 Å². The van der Waals surface area contributed by atoms with Gasteiger partial charge in [0, 0.05) is 45.2 Å². The van der Waals surface area contributed by atoms with Crippen molar-refractivity contribution in [2.45, 2.75) is 19.3 Å². The van der Waals surface area contributed by atoms with E-state index in [2.05, 4.69) is 14.9 Å². The monoisotopic (exact) mass is 304 g/mol. The van der Waals surface area contributed by atoms with Gasteiger partial charge in [-0.3, -0.25) is 9.78 Å². The lowest BCUT2D eigenvalue weighted by Gasteiger charge is -2.28. The van der Waals surface area contributed by atoms with Crippen LogP contribution in [0, 0.1) is 5.92 Å². The lowest BCUT2D eigenvalue weighted by atomic mass is 10.0. The van der Waals surface area contributed by atoms with Crippen molar-refractivity contribution in [1.82, 2.24) is 19.8 Å². The number of hydrogen-bond acceptors (Lipinski definition) is 5. The van der Waals surface area contributed by atoms with Crippen molar-refractivity contribution in [3.8, 4) is 0 Å². The van der Waals surface area contributed by atoms with Crippen LogP contribution in [0.3, 0.4) is 0 Å². The molecular formula is C16H24N4O2. The molecule has 3 heterocycles. The quantitative estimate of drug-likeness (QED) is 0.835. The molecule has 22 heavy (non-hydrogen) atoms. The summed E-state index contributed by atoms with van der Waals surface area (Å²) in [6, 6.07) is 0. The maximum atomic E-state index is 12.4. The van der Waals surface area contributed by atoms with Crippen LogP contribution in [-0.4, -0.2) is 71.6 Å². The number of nitrogens with zero attached hydrogens (tertiary/aromatic N) is 4. The number of carbonyl (C=O) groups is 1. The van der Waals surface area contributed by atoms with Gasteiger partial charge in [0.25, 0.3) is 5.91 Å². The number of amides is 1. The fourth-order valence-corrected chi connectivity index (χ4v) is 3.24. The van der Waals surface area contributed by atoms with Crippen molar-refractivity contribution in [3.05, 3.63) is 24.3 Å². The Morgan fingerprint density at radius 3 is 2.95 bits per heavy atom. The second-order valence-electron chi connectivity index (χ2n) is 6.12. The van der Waals surface area contributed by atoms with Gasteiger partial charge in [-0.15, -0.1) is 0 Å². The summed E-state index contributed by atoms with van der Waals surface area (Å²) in [7, 11) is 0. The molecule has 120 valence electrons. The molecule has 0 aromatic carbocycles. The molecule has 0 bridgehead atoms. The topological polar surface area (TPSA) is 58.6 Å². The highest BCUT2D eigenvalue weighted by Crippen LogP contribution is 2.16. The molecule has 6 nitrogen and oxygen atoms in total. The van der Waals surface area contributed by atoms with E-state index in [0.29, 0.717) is 11.6 Å². The van der Waals surface area contributed by atoms with Crippen LogP contribution in [0.1, 0.15) is 29.8 Å². The first kappa shape index (κ1) is 15.4. The zero-order chi connectivity index (χ0) is 15.2. The lowest BCUT2D eigenvalue weighted by Crippen LogP contribution is -2.38. The third kappa shape index (κ3) is 4.01. The predicted octanol–water partition coefficient (Wildman–Crippen LogP) is 1.05. The van der Waals surface area contributed by atoms with Crippen LogP contribution in [0.25, 0.3) is 0 Å². The molecule has 2 saturated heterocycles. The molecule has 1 atom stereocenters. The van der Waals surface area contributed by atoms with Crippen LogP contribution < -0.4 is 0 Å². The fraction of sp³-hybridized carbons (Fsp3) is 0.688. The minimum atomic E-state index is -0.00375. The van der Waals surface area contributed by atoms with Crippen LogP contribution >= 0.6 is 0 Å². The summed E-state index contributed by atoms with van der Waals surface area (Å²) in [5.41, 5.74) is 0.441. The Kier molecular flexibility index (Phi) is 5.34. The van der Waals surface area contributed by atoms with Crippen molar-refractivity contribution in [2.24, 2.45) is 5.92 Å². The molecule has 0 N–H and O–H groups in total.